The van der Waals surface area contributed by atoms with Crippen LogP contribution in [0.15, 0.2) is 12.2 Å². The standard InChI is InChI=1S/C24H47NO2/c1-2-3-4-5-6-7-8-9-10-11-12-13-14-15-18-21-24(27)25-22-19-16-17-20-23-26/h9-10,26H,2-8,11-23H2,1H3,(H,25,27). The number of unbranched alkanes of at least 4 members (excludes halogenated alkanes) is 14. The smallest absolute Gasteiger partial charge is 0.219 e. The molecule has 3 nitrogen and oxygen atoms in total. The Bertz CT molecular complexity index is 328. The van der Waals surface area contributed by atoms with Gasteiger partial charge in [0, 0.05) is 19.6 Å². The number of rotatable bonds is 21. The lowest BCUT2D eigenvalue weighted by Crippen LogP contribution is -2.23. The lowest BCUT2D eigenvalue weighted by Gasteiger charge is -2.05. The van der Waals surface area contributed by atoms with Crippen LogP contribution in [0.2, 0.25) is 0 Å². The Morgan fingerprint density at radius 3 is 1.85 bits per heavy atom. The van der Waals surface area contributed by atoms with Crippen molar-refractivity contribution >= 4 is 5.91 Å². The molecule has 0 saturated heterocycles. The summed E-state index contributed by atoms with van der Waals surface area (Å²) in [7, 11) is 0. The molecule has 0 heterocycles. The fourth-order valence-corrected chi connectivity index (χ4v) is 3.26. The number of aliphatic hydroxyl groups is 1. The van der Waals surface area contributed by atoms with Crippen LogP contribution in [0.3, 0.4) is 0 Å². The number of allylic oxidation sites excluding steroid dienone is 2. The van der Waals surface area contributed by atoms with Gasteiger partial charge in [0.25, 0.3) is 0 Å². The SMILES string of the molecule is CCCCCCCCC=CCCCCCCCC(=O)NCCCCCCO. The predicted octanol–water partition coefficient (Wildman–Crippen LogP) is 6.69. The molecule has 0 radical (unpaired) electrons. The van der Waals surface area contributed by atoms with Gasteiger partial charge in [-0.15, -0.1) is 0 Å². The van der Waals surface area contributed by atoms with Gasteiger partial charge >= 0.3 is 0 Å². The molecule has 0 aromatic heterocycles. The summed E-state index contributed by atoms with van der Waals surface area (Å²) in [6.45, 7) is 3.34. The van der Waals surface area contributed by atoms with Gasteiger partial charge in [0.05, 0.1) is 0 Å². The Hall–Kier alpha value is -0.830. The Labute approximate surface area is 169 Å². The maximum Gasteiger partial charge on any atom is 0.219 e. The topological polar surface area (TPSA) is 49.3 Å². The molecule has 0 rings (SSSR count). The normalized spacial score (nSPS) is 11.3. The van der Waals surface area contributed by atoms with Crippen molar-refractivity contribution in [3.63, 3.8) is 0 Å². The van der Waals surface area contributed by atoms with Crippen LogP contribution in [0.1, 0.15) is 122 Å². The molecule has 1 amide bonds. The quantitative estimate of drug-likeness (QED) is 0.172. The third-order valence-electron chi connectivity index (χ3n) is 5.07. The van der Waals surface area contributed by atoms with Crippen molar-refractivity contribution in [1.29, 1.82) is 0 Å². The molecule has 27 heavy (non-hydrogen) atoms. The first-order chi connectivity index (χ1) is 13.3. The van der Waals surface area contributed by atoms with Gasteiger partial charge in [0.1, 0.15) is 0 Å². The molecule has 0 spiro atoms. The summed E-state index contributed by atoms with van der Waals surface area (Å²) in [5.41, 5.74) is 0. The van der Waals surface area contributed by atoms with Crippen molar-refractivity contribution in [2.45, 2.75) is 122 Å². The predicted molar refractivity (Wildman–Crippen MR) is 118 cm³/mol. The molecule has 0 aromatic carbocycles. The van der Waals surface area contributed by atoms with Crippen LogP contribution < -0.4 is 5.32 Å². The highest BCUT2D eigenvalue weighted by molar-refractivity contribution is 5.75. The van der Waals surface area contributed by atoms with E-state index in [1.807, 2.05) is 0 Å². The minimum Gasteiger partial charge on any atom is -0.396 e. The average molecular weight is 382 g/mol. The monoisotopic (exact) mass is 381 g/mol. The second-order valence-corrected chi connectivity index (χ2v) is 7.82. The van der Waals surface area contributed by atoms with Gasteiger partial charge in [-0.2, -0.15) is 0 Å². The van der Waals surface area contributed by atoms with E-state index >= 15 is 0 Å². The van der Waals surface area contributed by atoms with Gasteiger partial charge in [-0.25, -0.2) is 0 Å². The molecular formula is C24H47NO2. The maximum atomic E-state index is 11.7. The van der Waals surface area contributed by atoms with E-state index in [2.05, 4.69) is 24.4 Å². The Morgan fingerprint density at radius 2 is 1.22 bits per heavy atom. The van der Waals surface area contributed by atoms with Crippen LogP contribution in [0.5, 0.6) is 0 Å². The van der Waals surface area contributed by atoms with Crippen LogP contribution in [0, 0.1) is 0 Å². The molecule has 0 aliphatic carbocycles. The van der Waals surface area contributed by atoms with Crippen molar-refractivity contribution in [3.8, 4) is 0 Å². The molecular weight excluding hydrogens is 334 g/mol. The van der Waals surface area contributed by atoms with E-state index in [4.69, 9.17) is 5.11 Å². The lowest BCUT2D eigenvalue weighted by atomic mass is 10.1. The fourth-order valence-electron chi connectivity index (χ4n) is 3.26. The van der Waals surface area contributed by atoms with Crippen molar-refractivity contribution < 1.29 is 9.90 Å². The number of amides is 1. The molecule has 0 aliphatic heterocycles. The molecule has 0 fully saturated rings. The van der Waals surface area contributed by atoms with E-state index in [1.54, 1.807) is 0 Å². The van der Waals surface area contributed by atoms with Gasteiger partial charge in [0.15, 0.2) is 0 Å². The highest BCUT2D eigenvalue weighted by Crippen LogP contribution is 2.10. The van der Waals surface area contributed by atoms with Gasteiger partial charge in [-0.1, -0.05) is 83.3 Å². The lowest BCUT2D eigenvalue weighted by molar-refractivity contribution is -0.121. The van der Waals surface area contributed by atoms with Crippen molar-refractivity contribution in [1.82, 2.24) is 5.32 Å². The number of hydrogen-bond acceptors (Lipinski definition) is 2. The highest BCUT2D eigenvalue weighted by Gasteiger charge is 2.00. The first-order valence-corrected chi connectivity index (χ1v) is 11.8. The molecule has 0 aromatic rings. The van der Waals surface area contributed by atoms with E-state index < -0.39 is 0 Å². The third-order valence-corrected chi connectivity index (χ3v) is 5.07. The average Bonchev–Trinajstić information content (AvgIpc) is 2.67. The zero-order valence-corrected chi connectivity index (χ0v) is 18.2. The van der Waals surface area contributed by atoms with Gasteiger partial charge < -0.3 is 10.4 Å². The van der Waals surface area contributed by atoms with Crippen LogP contribution in [-0.2, 0) is 4.79 Å². The van der Waals surface area contributed by atoms with Crippen LogP contribution in [0.25, 0.3) is 0 Å². The summed E-state index contributed by atoms with van der Waals surface area (Å²) in [6.07, 6.45) is 26.2. The van der Waals surface area contributed by atoms with E-state index in [-0.39, 0.29) is 12.5 Å². The van der Waals surface area contributed by atoms with E-state index in [0.29, 0.717) is 6.42 Å². The maximum absolute atomic E-state index is 11.7. The molecule has 0 atom stereocenters. The Morgan fingerprint density at radius 1 is 0.704 bits per heavy atom. The highest BCUT2D eigenvalue weighted by atomic mass is 16.2. The summed E-state index contributed by atoms with van der Waals surface area (Å²) in [5.74, 6) is 0.204. The molecule has 2 N–H and O–H groups in total. The zero-order chi connectivity index (χ0) is 19.8. The minimum atomic E-state index is 0.204. The molecule has 0 aliphatic rings. The van der Waals surface area contributed by atoms with Crippen LogP contribution >= 0.6 is 0 Å². The molecule has 0 unspecified atom stereocenters. The number of hydrogen-bond donors (Lipinski definition) is 2. The van der Waals surface area contributed by atoms with Crippen molar-refractivity contribution in [2.24, 2.45) is 0 Å². The van der Waals surface area contributed by atoms with E-state index in [9.17, 15) is 4.79 Å². The summed E-state index contributed by atoms with van der Waals surface area (Å²) in [4.78, 5) is 11.7. The second kappa shape index (κ2) is 23.2. The van der Waals surface area contributed by atoms with Crippen molar-refractivity contribution in [3.05, 3.63) is 12.2 Å². The second-order valence-electron chi connectivity index (χ2n) is 7.82. The number of carbonyl (C=O) groups excluding carboxylic acids is 1. The van der Waals surface area contributed by atoms with E-state index in [1.165, 1.54) is 77.0 Å². The van der Waals surface area contributed by atoms with Crippen LogP contribution in [-0.4, -0.2) is 24.2 Å². The Kier molecular flexibility index (Phi) is 22.5. The number of aliphatic hydroxyl groups excluding tert-OH is 1. The molecule has 0 saturated carbocycles. The largest absolute Gasteiger partial charge is 0.396 e. The summed E-state index contributed by atoms with van der Waals surface area (Å²) in [5, 5.41) is 11.7. The fraction of sp³-hybridized carbons (Fsp3) is 0.875. The van der Waals surface area contributed by atoms with Crippen LogP contribution in [0.4, 0.5) is 0 Å². The summed E-state index contributed by atoms with van der Waals surface area (Å²) < 4.78 is 0. The first-order valence-electron chi connectivity index (χ1n) is 11.8. The van der Waals surface area contributed by atoms with Gasteiger partial charge in [-0.05, 0) is 44.9 Å². The minimum absolute atomic E-state index is 0.204. The Balaban J connectivity index is 3.19. The van der Waals surface area contributed by atoms with Crippen molar-refractivity contribution in [2.75, 3.05) is 13.2 Å². The first kappa shape index (κ1) is 26.2. The molecule has 160 valence electrons. The molecule has 0 bridgehead atoms. The summed E-state index contributed by atoms with van der Waals surface area (Å²) >= 11 is 0. The van der Waals surface area contributed by atoms with Gasteiger partial charge in [-0.3, -0.25) is 4.79 Å². The van der Waals surface area contributed by atoms with E-state index in [0.717, 1.165) is 38.6 Å². The molecule has 3 heteroatoms. The third kappa shape index (κ3) is 23.1. The number of carbonyl (C=O) groups is 1. The number of nitrogens with one attached hydrogen (secondary N) is 1. The van der Waals surface area contributed by atoms with Gasteiger partial charge in [0.2, 0.25) is 5.91 Å². The zero-order valence-electron chi connectivity index (χ0n) is 18.2. The summed E-state index contributed by atoms with van der Waals surface area (Å²) in [6, 6.07) is 0.